The summed E-state index contributed by atoms with van der Waals surface area (Å²) in [6, 6.07) is 9.79. The van der Waals surface area contributed by atoms with E-state index in [1.807, 2.05) is 31.2 Å². The Morgan fingerprint density at radius 3 is 2.58 bits per heavy atom. The molecule has 0 bridgehead atoms. The molecule has 0 heterocycles. The van der Waals surface area contributed by atoms with Crippen molar-refractivity contribution in [2.45, 2.75) is 13.3 Å². The largest absolute Gasteiger partial charge is 0.469 e. The zero-order valence-corrected chi connectivity index (χ0v) is 14.5. The van der Waals surface area contributed by atoms with Gasteiger partial charge >= 0.3 is 12.0 Å². The van der Waals surface area contributed by atoms with E-state index in [1.54, 1.807) is 0 Å². The smallest absolute Gasteiger partial charge is 0.319 e. The molecular formula is C19H20F2N2O3. The Bertz CT molecular complexity index is 796. The minimum absolute atomic E-state index is 0.00919. The number of ether oxygens (including phenoxy) is 1. The Balaban J connectivity index is 1.97. The molecule has 0 fully saturated rings. The summed E-state index contributed by atoms with van der Waals surface area (Å²) in [5, 5.41) is 4.79. The highest BCUT2D eigenvalue weighted by atomic mass is 19.1. The summed E-state index contributed by atoms with van der Waals surface area (Å²) in [6.45, 7) is 1.95. The summed E-state index contributed by atoms with van der Waals surface area (Å²) in [4.78, 5) is 23.9. The number of benzene rings is 2. The first kappa shape index (κ1) is 19.4. The van der Waals surface area contributed by atoms with Gasteiger partial charge in [-0.15, -0.1) is 0 Å². The first-order valence-corrected chi connectivity index (χ1v) is 8.02. The van der Waals surface area contributed by atoms with Crippen molar-refractivity contribution >= 4 is 17.7 Å². The van der Waals surface area contributed by atoms with E-state index in [9.17, 15) is 18.4 Å². The van der Waals surface area contributed by atoms with E-state index in [-0.39, 0.29) is 12.2 Å². The summed E-state index contributed by atoms with van der Waals surface area (Å²) in [7, 11) is 1.28. The van der Waals surface area contributed by atoms with Crippen LogP contribution in [0.1, 0.15) is 11.1 Å². The van der Waals surface area contributed by atoms with Crippen LogP contribution >= 0.6 is 0 Å². The predicted molar refractivity (Wildman–Crippen MR) is 93.8 cm³/mol. The minimum atomic E-state index is -0.885. The van der Waals surface area contributed by atoms with E-state index < -0.39 is 29.6 Å². The van der Waals surface area contributed by atoms with Crippen LogP contribution < -0.4 is 10.6 Å². The second kappa shape index (κ2) is 8.94. The summed E-state index contributed by atoms with van der Waals surface area (Å²) >= 11 is 0. The number of nitrogens with one attached hydrogen (secondary N) is 2. The highest BCUT2D eigenvalue weighted by Gasteiger charge is 2.21. The third-order valence-electron chi connectivity index (χ3n) is 3.79. The average molecular weight is 362 g/mol. The molecule has 0 spiro atoms. The molecule has 5 nitrogen and oxygen atoms in total. The Morgan fingerprint density at radius 2 is 1.92 bits per heavy atom. The number of anilines is 1. The normalized spacial score (nSPS) is 11.5. The van der Waals surface area contributed by atoms with Crippen molar-refractivity contribution in [2.75, 3.05) is 19.0 Å². The topological polar surface area (TPSA) is 67.4 Å². The van der Waals surface area contributed by atoms with Gasteiger partial charge in [-0.05, 0) is 31.0 Å². The molecule has 0 saturated heterocycles. The number of carbonyl (C=O) groups excluding carboxylic acids is 2. The summed E-state index contributed by atoms with van der Waals surface area (Å²) in [5.74, 6) is -2.67. The van der Waals surface area contributed by atoms with Gasteiger partial charge in [0.15, 0.2) is 0 Å². The lowest BCUT2D eigenvalue weighted by atomic mass is 9.98. The summed E-state index contributed by atoms with van der Waals surface area (Å²) in [6.07, 6.45) is 0.388. The molecule has 2 aromatic rings. The third-order valence-corrected chi connectivity index (χ3v) is 3.79. The maximum Gasteiger partial charge on any atom is 0.319 e. The second-order valence-electron chi connectivity index (χ2n) is 5.87. The molecule has 2 N–H and O–H groups in total. The van der Waals surface area contributed by atoms with Crippen LogP contribution in [0.5, 0.6) is 0 Å². The Hall–Kier alpha value is -2.96. The summed E-state index contributed by atoms with van der Waals surface area (Å²) < 4.78 is 31.2. The van der Waals surface area contributed by atoms with Gasteiger partial charge in [0.1, 0.15) is 11.6 Å². The van der Waals surface area contributed by atoms with Crippen LogP contribution in [-0.4, -0.2) is 25.7 Å². The number of amides is 2. The molecule has 2 amide bonds. The highest BCUT2D eigenvalue weighted by Crippen LogP contribution is 2.15. The monoisotopic (exact) mass is 362 g/mol. The van der Waals surface area contributed by atoms with E-state index in [1.165, 1.54) is 7.11 Å². The summed E-state index contributed by atoms with van der Waals surface area (Å²) in [5.41, 5.74) is 1.84. The predicted octanol–water partition coefficient (Wildman–Crippen LogP) is 3.43. The minimum Gasteiger partial charge on any atom is -0.469 e. The molecule has 1 atom stereocenters. The number of hydrogen-bond donors (Lipinski definition) is 2. The molecular weight excluding hydrogens is 342 g/mol. The van der Waals surface area contributed by atoms with Gasteiger partial charge in [-0.1, -0.05) is 29.8 Å². The molecule has 1 unspecified atom stereocenters. The fraction of sp³-hybridized carbons (Fsp3) is 0.263. The third kappa shape index (κ3) is 5.54. The molecule has 0 aliphatic rings. The van der Waals surface area contributed by atoms with Crippen LogP contribution in [0.15, 0.2) is 42.5 Å². The number of esters is 1. The van der Waals surface area contributed by atoms with Gasteiger partial charge in [0, 0.05) is 12.6 Å². The van der Waals surface area contributed by atoms with Crippen molar-refractivity contribution in [3.8, 4) is 0 Å². The zero-order chi connectivity index (χ0) is 19.1. The van der Waals surface area contributed by atoms with Crippen molar-refractivity contribution in [3.05, 3.63) is 65.2 Å². The van der Waals surface area contributed by atoms with Gasteiger partial charge in [-0.25, -0.2) is 13.6 Å². The average Bonchev–Trinajstić information content (AvgIpc) is 2.60. The van der Waals surface area contributed by atoms with E-state index in [0.717, 1.165) is 23.3 Å². The number of halogens is 2. The molecule has 138 valence electrons. The van der Waals surface area contributed by atoms with Gasteiger partial charge in [-0.2, -0.15) is 0 Å². The molecule has 0 saturated carbocycles. The Labute approximate surface area is 150 Å². The van der Waals surface area contributed by atoms with Gasteiger partial charge in [-0.3, -0.25) is 4.79 Å². The van der Waals surface area contributed by atoms with Crippen molar-refractivity contribution < 1.29 is 23.1 Å². The van der Waals surface area contributed by atoms with E-state index in [4.69, 9.17) is 4.74 Å². The SMILES string of the molecule is COC(=O)C(CNC(=O)Nc1ccc(F)cc1F)Cc1cccc(C)c1. The van der Waals surface area contributed by atoms with Gasteiger partial charge in [0.2, 0.25) is 0 Å². The first-order chi connectivity index (χ1) is 12.4. The number of methoxy groups -OCH3 is 1. The molecule has 0 aliphatic heterocycles. The highest BCUT2D eigenvalue weighted by molar-refractivity contribution is 5.89. The maximum absolute atomic E-state index is 13.6. The number of hydrogen-bond acceptors (Lipinski definition) is 3. The number of urea groups is 1. The van der Waals surface area contributed by atoms with Crippen LogP contribution in [0.4, 0.5) is 19.3 Å². The van der Waals surface area contributed by atoms with Crippen LogP contribution in [0.25, 0.3) is 0 Å². The molecule has 2 rings (SSSR count). The fourth-order valence-corrected chi connectivity index (χ4v) is 2.50. The van der Waals surface area contributed by atoms with Gasteiger partial charge in [0.25, 0.3) is 0 Å². The van der Waals surface area contributed by atoms with Crippen LogP contribution in [0.2, 0.25) is 0 Å². The van der Waals surface area contributed by atoms with Crippen LogP contribution in [0, 0.1) is 24.5 Å². The van der Waals surface area contributed by atoms with Crippen molar-refractivity contribution in [1.29, 1.82) is 0 Å². The number of aryl methyl sites for hydroxylation is 1. The molecule has 0 aromatic heterocycles. The van der Waals surface area contributed by atoms with Crippen LogP contribution in [-0.2, 0) is 16.0 Å². The fourth-order valence-electron chi connectivity index (χ4n) is 2.50. The van der Waals surface area contributed by atoms with Crippen molar-refractivity contribution in [3.63, 3.8) is 0 Å². The molecule has 2 aromatic carbocycles. The Kier molecular flexibility index (Phi) is 6.66. The van der Waals surface area contributed by atoms with Gasteiger partial charge < -0.3 is 15.4 Å². The van der Waals surface area contributed by atoms with Gasteiger partial charge in [0.05, 0.1) is 18.7 Å². The maximum atomic E-state index is 13.6. The molecule has 7 heteroatoms. The number of rotatable bonds is 6. The van der Waals surface area contributed by atoms with E-state index in [2.05, 4.69) is 10.6 Å². The van der Waals surface area contributed by atoms with Crippen molar-refractivity contribution in [1.82, 2.24) is 5.32 Å². The quantitative estimate of drug-likeness (QED) is 0.774. The standard InChI is InChI=1S/C19H20F2N2O3/c1-12-4-3-5-13(8-12)9-14(18(24)26-2)11-22-19(25)23-17-7-6-15(20)10-16(17)21/h3-8,10,14H,9,11H2,1-2H3,(H2,22,23,25). The zero-order valence-electron chi connectivity index (χ0n) is 14.5. The van der Waals surface area contributed by atoms with Crippen LogP contribution in [0.3, 0.4) is 0 Å². The lowest BCUT2D eigenvalue weighted by molar-refractivity contribution is -0.145. The molecule has 0 aliphatic carbocycles. The lowest BCUT2D eigenvalue weighted by Gasteiger charge is -2.16. The Morgan fingerprint density at radius 1 is 1.15 bits per heavy atom. The second-order valence-corrected chi connectivity index (χ2v) is 5.87. The number of carbonyl (C=O) groups is 2. The van der Waals surface area contributed by atoms with Crippen molar-refractivity contribution in [2.24, 2.45) is 5.92 Å². The molecule has 0 radical (unpaired) electrons. The van der Waals surface area contributed by atoms with E-state index in [0.29, 0.717) is 12.5 Å². The first-order valence-electron chi connectivity index (χ1n) is 8.02. The lowest BCUT2D eigenvalue weighted by Crippen LogP contribution is -2.37. The van der Waals surface area contributed by atoms with E-state index >= 15 is 0 Å². The molecule has 26 heavy (non-hydrogen) atoms.